The molecule has 1 heterocycles. The lowest BCUT2D eigenvalue weighted by molar-refractivity contribution is -0.141. The maximum atomic E-state index is 12.5. The van der Waals surface area contributed by atoms with Crippen LogP contribution in [0.5, 0.6) is 0 Å². The number of carbonyl (C=O) groups excluding carboxylic acids is 2. The summed E-state index contributed by atoms with van der Waals surface area (Å²) < 4.78 is 4.93. The van der Waals surface area contributed by atoms with E-state index in [4.69, 9.17) is 16.3 Å². The van der Waals surface area contributed by atoms with Crippen LogP contribution in [0.15, 0.2) is 24.3 Å². The molecule has 0 aromatic heterocycles. The number of nitrogens with one attached hydrogen (secondary N) is 1. The van der Waals surface area contributed by atoms with Gasteiger partial charge >= 0.3 is 0 Å². The minimum Gasteiger partial charge on any atom is -0.383 e. The molecule has 6 heteroatoms. The van der Waals surface area contributed by atoms with Crippen LogP contribution in [-0.2, 0) is 20.9 Å². The van der Waals surface area contributed by atoms with Crippen molar-refractivity contribution in [2.75, 3.05) is 20.3 Å². The van der Waals surface area contributed by atoms with Gasteiger partial charge in [-0.25, -0.2) is 0 Å². The molecule has 0 aliphatic carbocycles. The molecule has 1 atom stereocenters. The van der Waals surface area contributed by atoms with Gasteiger partial charge in [0.05, 0.1) is 6.61 Å². The Morgan fingerprint density at radius 2 is 2.18 bits per heavy atom. The van der Waals surface area contributed by atoms with Gasteiger partial charge in [-0.15, -0.1) is 0 Å². The molecule has 0 spiro atoms. The second kappa shape index (κ2) is 7.11. The summed E-state index contributed by atoms with van der Waals surface area (Å²) in [7, 11) is 1.58. The van der Waals surface area contributed by atoms with Crippen molar-refractivity contribution < 1.29 is 14.3 Å². The Labute approximate surface area is 135 Å². The third-order valence-electron chi connectivity index (χ3n) is 4.09. The molecule has 1 unspecified atom stereocenters. The summed E-state index contributed by atoms with van der Waals surface area (Å²) in [6.45, 7) is 3.02. The number of hydrogen-bond acceptors (Lipinski definition) is 3. The third kappa shape index (κ3) is 3.42. The number of halogens is 1. The average Bonchev–Trinajstić information content (AvgIpc) is 2.79. The molecule has 2 rings (SSSR count). The van der Waals surface area contributed by atoms with Gasteiger partial charge in [0.1, 0.15) is 5.54 Å². The van der Waals surface area contributed by atoms with Crippen LogP contribution in [0, 0.1) is 0 Å². The molecular weight excluding hydrogens is 304 g/mol. The zero-order valence-corrected chi connectivity index (χ0v) is 13.7. The quantitative estimate of drug-likeness (QED) is 0.814. The van der Waals surface area contributed by atoms with E-state index in [-0.39, 0.29) is 11.8 Å². The lowest BCUT2D eigenvalue weighted by Gasteiger charge is -2.34. The predicted molar refractivity (Wildman–Crippen MR) is 84.5 cm³/mol. The molecule has 5 nitrogen and oxygen atoms in total. The van der Waals surface area contributed by atoms with E-state index >= 15 is 0 Å². The van der Waals surface area contributed by atoms with Gasteiger partial charge in [-0.3, -0.25) is 9.59 Å². The lowest BCUT2D eigenvalue weighted by atomic mass is 9.97. The van der Waals surface area contributed by atoms with Crippen molar-refractivity contribution >= 4 is 23.4 Å². The maximum absolute atomic E-state index is 12.5. The Hall–Kier alpha value is -1.59. The molecule has 2 amide bonds. The van der Waals surface area contributed by atoms with E-state index in [2.05, 4.69) is 5.32 Å². The largest absolute Gasteiger partial charge is 0.383 e. The van der Waals surface area contributed by atoms with Crippen molar-refractivity contribution in [2.45, 2.75) is 31.8 Å². The molecule has 22 heavy (non-hydrogen) atoms. The summed E-state index contributed by atoms with van der Waals surface area (Å²) in [5.74, 6) is -0.174. The number of nitrogens with zero attached hydrogens (tertiary/aromatic N) is 1. The second-order valence-corrected chi connectivity index (χ2v) is 6.00. The molecule has 1 aliphatic rings. The van der Waals surface area contributed by atoms with E-state index in [1.165, 1.54) is 0 Å². The van der Waals surface area contributed by atoms with E-state index < -0.39 is 5.54 Å². The SMILES string of the molecule is COCCNC(=O)C1(C)CCC(=O)N1Cc1ccccc1Cl. The van der Waals surface area contributed by atoms with Crippen LogP contribution in [0.1, 0.15) is 25.3 Å². The molecule has 120 valence electrons. The van der Waals surface area contributed by atoms with Crippen LogP contribution in [0.4, 0.5) is 0 Å². The highest BCUT2D eigenvalue weighted by Gasteiger charge is 2.47. The molecule has 0 radical (unpaired) electrons. The number of likely N-dealkylation sites (tertiary alicyclic amines) is 1. The molecule has 1 aliphatic heterocycles. The topological polar surface area (TPSA) is 58.6 Å². The highest BCUT2D eigenvalue weighted by atomic mass is 35.5. The molecule has 1 aromatic rings. The zero-order chi connectivity index (χ0) is 16.2. The Morgan fingerprint density at radius 3 is 2.86 bits per heavy atom. The van der Waals surface area contributed by atoms with E-state index in [0.717, 1.165) is 5.56 Å². The van der Waals surface area contributed by atoms with Crippen molar-refractivity contribution in [1.29, 1.82) is 0 Å². The van der Waals surface area contributed by atoms with E-state index in [1.54, 1.807) is 25.0 Å². The van der Waals surface area contributed by atoms with Crippen LogP contribution in [0.3, 0.4) is 0 Å². The number of rotatable bonds is 6. The van der Waals surface area contributed by atoms with Gasteiger partial charge in [0.25, 0.3) is 0 Å². The number of methoxy groups -OCH3 is 1. The smallest absolute Gasteiger partial charge is 0.245 e. The third-order valence-corrected chi connectivity index (χ3v) is 4.46. The number of benzene rings is 1. The van der Waals surface area contributed by atoms with Crippen LogP contribution < -0.4 is 5.32 Å². The number of amides is 2. The monoisotopic (exact) mass is 324 g/mol. The highest BCUT2D eigenvalue weighted by molar-refractivity contribution is 6.31. The van der Waals surface area contributed by atoms with Crippen LogP contribution in [-0.4, -0.2) is 42.5 Å². The molecule has 1 fully saturated rings. The fourth-order valence-corrected chi connectivity index (χ4v) is 2.84. The van der Waals surface area contributed by atoms with Crippen molar-refractivity contribution in [3.05, 3.63) is 34.9 Å². The normalized spacial score (nSPS) is 21.2. The van der Waals surface area contributed by atoms with Gasteiger partial charge in [0.2, 0.25) is 11.8 Å². The standard InChI is InChI=1S/C16H21ClN2O3/c1-16(15(21)18-9-10-22-2)8-7-14(20)19(16)11-12-5-3-4-6-13(12)17/h3-6H,7-11H2,1-2H3,(H,18,21). The average molecular weight is 325 g/mol. The van der Waals surface area contributed by atoms with Gasteiger partial charge in [-0.05, 0) is 25.0 Å². The minimum atomic E-state index is -0.843. The van der Waals surface area contributed by atoms with Gasteiger partial charge in [-0.1, -0.05) is 29.8 Å². The number of ether oxygens (including phenoxy) is 1. The zero-order valence-electron chi connectivity index (χ0n) is 12.9. The predicted octanol–water partition coefficient (Wildman–Crippen LogP) is 1.98. The molecular formula is C16H21ClN2O3. The highest BCUT2D eigenvalue weighted by Crippen LogP contribution is 2.33. The van der Waals surface area contributed by atoms with Gasteiger partial charge in [0.15, 0.2) is 0 Å². The van der Waals surface area contributed by atoms with Crippen LogP contribution >= 0.6 is 11.6 Å². The summed E-state index contributed by atoms with van der Waals surface area (Å²) in [6.07, 6.45) is 0.883. The Morgan fingerprint density at radius 1 is 1.45 bits per heavy atom. The van der Waals surface area contributed by atoms with Crippen LogP contribution in [0.25, 0.3) is 0 Å². The van der Waals surface area contributed by atoms with Gasteiger partial charge < -0.3 is 15.0 Å². The number of carbonyl (C=O) groups is 2. The molecule has 1 saturated heterocycles. The molecule has 0 saturated carbocycles. The summed E-state index contributed by atoms with van der Waals surface area (Å²) >= 11 is 6.17. The Kier molecular flexibility index (Phi) is 5.42. The second-order valence-electron chi connectivity index (χ2n) is 5.59. The van der Waals surface area contributed by atoms with Crippen molar-refractivity contribution in [1.82, 2.24) is 10.2 Å². The van der Waals surface area contributed by atoms with E-state index in [9.17, 15) is 9.59 Å². The first-order chi connectivity index (χ1) is 10.5. The van der Waals surface area contributed by atoms with E-state index in [0.29, 0.717) is 37.6 Å². The van der Waals surface area contributed by atoms with Crippen molar-refractivity contribution in [2.24, 2.45) is 0 Å². The molecule has 1 aromatic carbocycles. The fraction of sp³-hybridized carbons (Fsp3) is 0.500. The summed E-state index contributed by atoms with van der Waals surface area (Å²) in [5.41, 5.74) is -0.000358. The lowest BCUT2D eigenvalue weighted by Crippen LogP contribution is -2.54. The fourth-order valence-electron chi connectivity index (χ4n) is 2.65. The van der Waals surface area contributed by atoms with Gasteiger partial charge in [0, 0.05) is 31.6 Å². The summed E-state index contributed by atoms with van der Waals surface area (Å²) in [4.78, 5) is 26.3. The first kappa shape index (κ1) is 16.8. The summed E-state index contributed by atoms with van der Waals surface area (Å²) in [6, 6.07) is 7.37. The number of hydrogen-bond donors (Lipinski definition) is 1. The van der Waals surface area contributed by atoms with Gasteiger partial charge in [-0.2, -0.15) is 0 Å². The van der Waals surface area contributed by atoms with Crippen molar-refractivity contribution in [3.8, 4) is 0 Å². The van der Waals surface area contributed by atoms with Crippen LogP contribution in [0.2, 0.25) is 5.02 Å². The molecule has 0 bridgehead atoms. The summed E-state index contributed by atoms with van der Waals surface area (Å²) in [5, 5.41) is 3.43. The molecule has 1 N–H and O–H groups in total. The maximum Gasteiger partial charge on any atom is 0.245 e. The first-order valence-electron chi connectivity index (χ1n) is 7.30. The minimum absolute atomic E-state index is 0.0238. The Balaban J connectivity index is 2.14. The Bertz CT molecular complexity index is 564. The van der Waals surface area contributed by atoms with E-state index in [1.807, 2.05) is 18.2 Å². The first-order valence-corrected chi connectivity index (χ1v) is 7.68. The van der Waals surface area contributed by atoms with Crippen molar-refractivity contribution in [3.63, 3.8) is 0 Å².